The van der Waals surface area contributed by atoms with Crippen LogP contribution < -0.4 is 5.90 Å². The van der Waals surface area contributed by atoms with Crippen LogP contribution in [0.3, 0.4) is 0 Å². The third-order valence-corrected chi connectivity index (χ3v) is 2.07. The predicted octanol–water partition coefficient (Wildman–Crippen LogP) is 2.57. The molecule has 1 unspecified atom stereocenters. The van der Waals surface area contributed by atoms with Gasteiger partial charge in [0.25, 0.3) is 0 Å². The fraction of sp³-hybridized carbons (Fsp3) is 0.250. The maximum Gasteiger partial charge on any atom is 0.142 e. The molecule has 0 amide bonds. The van der Waals surface area contributed by atoms with Crippen LogP contribution in [0.5, 0.6) is 0 Å². The Bertz CT molecular complexity index is 319. The Morgan fingerprint density at radius 3 is 2.46 bits per heavy atom. The summed E-state index contributed by atoms with van der Waals surface area (Å²) in [7, 11) is 0. The molecule has 0 bridgehead atoms. The Hall–Kier alpha value is -0.710. The topological polar surface area (TPSA) is 35.2 Å². The van der Waals surface area contributed by atoms with Gasteiger partial charge < -0.3 is 0 Å². The van der Waals surface area contributed by atoms with Crippen molar-refractivity contribution in [3.8, 4) is 0 Å². The molecule has 72 valence electrons. The van der Waals surface area contributed by atoms with Crippen LogP contribution in [0.1, 0.15) is 18.6 Å². The van der Waals surface area contributed by atoms with Crippen molar-refractivity contribution in [2.45, 2.75) is 13.0 Å². The summed E-state index contributed by atoms with van der Waals surface area (Å²) in [5, 5.41) is -0.294. The molecule has 0 saturated heterocycles. The lowest BCUT2D eigenvalue weighted by Gasteiger charge is -2.12. The summed E-state index contributed by atoms with van der Waals surface area (Å²) in [5.74, 6) is 3.52. The molecule has 5 heteroatoms. The van der Waals surface area contributed by atoms with Crippen LogP contribution in [-0.4, -0.2) is 0 Å². The molecule has 2 N–H and O–H groups in total. The first kappa shape index (κ1) is 10.4. The number of hydrogen-bond donors (Lipinski definition) is 1. The fourth-order valence-corrected chi connectivity index (χ4v) is 1.29. The largest absolute Gasteiger partial charge is 0.297 e. The highest BCUT2D eigenvalue weighted by molar-refractivity contribution is 6.31. The van der Waals surface area contributed by atoms with Crippen molar-refractivity contribution >= 4 is 11.6 Å². The van der Waals surface area contributed by atoms with Gasteiger partial charge in [-0.05, 0) is 19.1 Å². The second-order valence-electron chi connectivity index (χ2n) is 2.54. The SMILES string of the molecule is CC(ON)c1c(F)ccc(F)c1Cl. The van der Waals surface area contributed by atoms with Crippen molar-refractivity contribution in [3.05, 3.63) is 34.4 Å². The van der Waals surface area contributed by atoms with Gasteiger partial charge in [0.15, 0.2) is 0 Å². The standard InChI is InChI=1S/C8H8ClF2NO/c1-4(13-12)7-5(10)2-3-6(11)8(7)9/h2-4H,12H2,1H3. The van der Waals surface area contributed by atoms with Gasteiger partial charge in [-0.15, -0.1) is 0 Å². The zero-order valence-corrected chi connectivity index (χ0v) is 7.61. The lowest BCUT2D eigenvalue weighted by atomic mass is 10.1. The second kappa shape index (κ2) is 4.00. The number of hydrogen-bond acceptors (Lipinski definition) is 2. The molecule has 0 saturated carbocycles. The third kappa shape index (κ3) is 1.96. The summed E-state index contributed by atoms with van der Waals surface area (Å²) in [5.41, 5.74) is -0.0656. The number of rotatable bonds is 2. The van der Waals surface area contributed by atoms with Crippen LogP contribution in [0.4, 0.5) is 8.78 Å². The van der Waals surface area contributed by atoms with E-state index in [4.69, 9.17) is 17.5 Å². The van der Waals surface area contributed by atoms with Crippen LogP contribution in [0.25, 0.3) is 0 Å². The molecule has 0 aliphatic carbocycles. The summed E-state index contributed by atoms with van der Waals surface area (Å²) in [6, 6.07) is 1.93. The van der Waals surface area contributed by atoms with E-state index >= 15 is 0 Å². The average molecular weight is 208 g/mol. The van der Waals surface area contributed by atoms with Gasteiger partial charge in [0.05, 0.1) is 5.02 Å². The lowest BCUT2D eigenvalue weighted by Crippen LogP contribution is -2.08. The van der Waals surface area contributed by atoms with Gasteiger partial charge in [-0.3, -0.25) is 4.84 Å². The molecular weight excluding hydrogens is 200 g/mol. The molecule has 13 heavy (non-hydrogen) atoms. The molecule has 0 fully saturated rings. The molecule has 1 aromatic carbocycles. The normalized spacial score (nSPS) is 13.0. The summed E-state index contributed by atoms with van der Waals surface area (Å²) in [6.45, 7) is 1.48. The number of halogens is 3. The van der Waals surface area contributed by atoms with E-state index in [0.717, 1.165) is 12.1 Å². The van der Waals surface area contributed by atoms with Gasteiger partial charge in [-0.25, -0.2) is 14.7 Å². The first-order valence-corrected chi connectivity index (χ1v) is 3.94. The minimum absolute atomic E-state index is 0.0656. The molecule has 0 heterocycles. The zero-order valence-electron chi connectivity index (χ0n) is 6.85. The molecule has 0 radical (unpaired) electrons. The summed E-state index contributed by atoms with van der Waals surface area (Å²) >= 11 is 5.52. The van der Waals surface area contributed by atoms with E-state index in [0.29, 0.717) is 0 Å². The fourth-order valence-electron chi connectivity index (χ4n) is 0.983. The highest BCUT2D eigenvalue weighted by Crippen LogP contribution is 2.29. The quantitative estimate of drug-likeness (QED) is 0.598. The maximum atomic E-state index is 13.1. The van der Waals surface area contributed by atoms with E-state index in [9.17, 15) is 8.78 Å². The number of nitrogens with two attached hydrogens (primary N) is 1. The Labute approximate surface area is 79.2 Å². The molecular formula is C8H8ClF2NO. The molecule has 1 atom stereocenters. The van der Waals surface area contributed by atoms with Gasteiger partial charge in [-0.1, -0.05) is 11.6 Å². The van der Waals surface area contributed by atoms with E-state index in [-0.39, 0.29) is 10.6 Å². The number of benzene rings is 1. The molecule has 0 aliphatic heterocycles. The van der Waals surface area contributed by atoms with Gasteiger partial charge >= 0.3 is 0 Å². The van der Waals surface area contributed by atoms with E-state index in [1.165, 1.54) is 6.92 Å². The van der Waals surface area contributed by atoms with Crippen molar-refractivity contribution in [1.82, 2.24) is 0 Å². The predicted molar refractivity (Wildman–Crippen MR) is 45.1 cm³/mol. The third-order valence-electron chi connectivity index (χ3n) is 1.69. The Morgan fingerprint density at radius 1 is 1.38 bits per heavy atom. The highest BCUT2D eigenvalue weighted by Gasteiger charge is 2.17. The van der Waals surface area contributed by atoms with Crippen LogP contribution in [0.15, 0.2) is 12.1 Å². The molecule has 2 nitrogen and oxygen atoms in total. The highest BCUT2D eigenvalue weighted by atomic mass is 35.5. The molecule has 0 spiro atoms. The molecule has 1 rings (SSSR count). The van der Waals surface area contributed by atoms with Crippen molar-refractivity contribution in [3.63, 3.8) is 0 Å². The van der Waals surface area contributed by atoms with Crippen molar-refractivity contribution in [1.29, 1.82) is 0 Å². The zero-order chi connectivity index (χ0) is 10.0. The van der Waals surface area contributed by atoms with Crippen molar-refractivity contribution in [2.75, 3.05) is 0 Å². The first-order valence-electron chi connectivity index (χ1n) is 3.57. The van der Waals surface area contributed by atoms with Gasteiger partial charge in [0, 0.05) is 5.56 Å². The van der Waals surface area contributed by atoms with Crippen LogP contribution in [0, 0.1) is 11.6 Å². The van der Waals surface area contributed by atoms with Crippen LogP contribution in [-0.2, 0) is 4.84 Å². The first-order chi connectivity index (χ1) is 6.07. The van der Waals surface area contributed by atoms with E-state index in [1.807, 2.05) is 0 Å². The Morgan fingerprint density at radius 2 is 1.92 bits per heavy atom. The van der Waals surface area contributed by atoms with E-state index in [1.54, 1.807) is 0 Å². The molecule has 0 aliphatic rings. The van der Waals surface area contributed by atoms with E-state index in [2.05, 4.69) is 4.84 Å². The maximum absolute atomic E-state index is 13.1. The van der Waals surface area contributed by atoms with Crippen LogP contribution in [0.2, 0.25) is 5.02 Å². The smallest absolute Gasteiger partial charge is 0.142 e. The Balaban J connectivity index is 3.25. The monoisotopic (exact) mass is 207 g/mol. The summed E-state index contributed by atoms with van der Waals surface area (Å²) < 4.78 is 25.9. The summed E-state index contributed by atoms with van der Waals surface area (Å²) in [6.07, 6.45) is -0.775. The van der Waals surface area contributed by atoms with Crippen molar-refractivity contribution in [2.24, 2.45) is 5.90 Å². The minimum atomic E-state index is -0.775. The molecule has 0 aromatic heterocycles. The minimum Gasteiger partial charge on any atom is -0.297 e. The van der Waals surface area contributed by atoms with Gasteiger partial charge in [0.2, 0.25) is 0 Å². The second-order valence-corrected chi connectivity index (χ2v) is 2.91. The molecule has 1 aromatic rings. The van der Waals surface area contributed by atoms with Crippen LogP contribution >= 0.6 is 11.6 Å². The lowest BCUT2D eigenvalue weighted by molar-refractivity contribution is 0.0637. The van der Waals surface area contributed by atoms with Gasteiger partial charge in [-0.2, -0.15) is 0 Å². The Kier molecular flexibility index (Phi) is 3.19. The summed E-state index contributed by atoms with van der Waals surface area (Å²) in [4.78, 5) is 4.36. The van der Waals surface area contributed by atoms with Crippen molar-refractivity contribution < 1.29 is 13.6 Å². The van der Waals surface area contributed by atoms with E-state index < -0.39 is 17.7 Å². The van der Waals surface area contributed by atoms with Gasteiger partial charge in [0.1, 0.15) is 17.7 Å². The average Bonchev–Trinajstić information content (AvgIpc) is 2.12.